The van der Waals surface area contributed by atoms with E-state index >= 15 is 0 Å². The number of nitro groups is 1. The van der Waals surface area contributed by atoms with Gasteiger partial charge in [0, 0.05) is 26.1 Å². The van der Waals surface area contributed by atoms with Gasteiger partial charge in [-0.1, -0.05) is 11.6 Å². The largest absolute Gasteiger partial charge is 0.364 e. The van der Waals surface area contributed by atoms with Crippen molar-refractivity contribution in [3.05, 3.63) is 39.6 Å². The summed E-state index contributed by atoms with van der Waals surface area (Å²) in [7, 11) is 1.83. The van der Waals surface area contributed by atoms with Gasteiger partial charge < -0.3 is 9.88 Å². The fourth-order valence-corrected chi connectivity index (χ4v) is 1.68. The van der Waals surface area contributed by atoms with E-state index in [-0.39, 0.29) is 16.7 Å². The molecule has 100 valence electrons. The van der Waals surface area contributed by atoms with Crippen LogP contribution in [-0.4, -0.2) is 31.2 Å². The van der Waals surface area contributed by atoms with Gasteiger partial charge in [-0.25, -0.2) is 4.98 Å². The Labute approximate surface area is 113 Å². The van der Waals surface area contributed by atoms with E-state index in [4.69, 9.17) is 11.6 Å². The molecule has 1 N–H and O–H groups in total. The molecule has 0 saturated heterocycles. The zero-order valence-corrected chi connectivity index (χ0v) is 10.8. The van der Waals surface area contributed by atoms with Crippen molar-refractivity contribution in [3.8, 4) is 0 Å². The SMILES string of the molecule is Cn1cnnc1CCNc1nc(Cl)ccc1[N+](=O)[O-]. The van der Waals surface area contributed by atoms with E-state index in [0.717, 1.165) is 5.82 Å². The Morgan fingerprint density at radius 3 is 2.95 bits per heavy atom. The topological polar surface area (TPSA) is 98.8 Å². The number of hydrogen-bond donors (Lipinski definition) is 1. The molecule has 0 aliphatic heterocycles. The minimum atomic E-state index is -0.506. The summed E-state index contributed by atoms with van der Waals surface area (Å²) in [5.74, 6) is 0.928. The van der Waals surface area contributed by atoms with Crippen LogP contribution < -0.4 is 5.32 Å². The lowest BCUT2D eigenvalue weighted by Gasteiger charge is -2.06. The van der Waals surface area contributed by atoms with Crippen molar-refractivity contribution >= 4 is 23.1 Å². The molecule has 2 aromatic heterocycles. The second kappa shape index (κ2) is 5.61. The summed E-state index contributed by atoms with van der Waals surface area (Å²) in [6.07, 6.45) is 2.16. The fraction of sp³-hybridized carbons (Fsp3) is 0.300. The molecule has 0 spiro atoms. The van der Waals surface area contributed by atoms with Crippen molar-refractivity contribution in [1.82, 2.24) is 19.7 Å². The van der Waals surface area contributed by atoms with Crippen LogP contribution >= 0.6 is 11.6 Å². The summed E-state index contributed by atoms with van der Waals surface area (Å²) in [5.41, 5.74) is -0.109. The standard InChI is InChI=1S/C10H11ClN6O2/c1-16-6-13-15-9(16)4-5-12-10-7(17(18)19)2-3-8(11)14-10/h2-3,6H,4-5H2,1H3,(H,12,14). The highest BCUT2D eigenvalue weighted by molar-refractivity contribution is 6.29. The average molecular weight is 283 g/mol. The summed E-state index contributed by atoms with van der Waals surface area (Å²) in [4.78, 5) is 14.2. The molecule has 0 radical (unpaired) electrons. The quantitative estimate of drug-likeness (QED) is 0.506. The van der Waals surface area contributed by atoms with Crippen LogP contribution in [-0.2, 0) is 13.5 Å². The average Bonchev–Trinajstić information content (AvgIpc) is 2.75. The highest BCUT2D eigenvalue weighted by Crippen LogP contribution is 2.23. The van der Waals surface area contributed by atoms with Gasteiger partial charge in [-0.05, 0) is 6.07 Å². The first-order valence-corrected chi connectivity index (χ1v) is 5.83. The van der Waals surface area contributed by atoms with Gasteiger partial charge in [0.25, 0.3) is 0 Å². The Kier molecular flexibility index (Phi) is 3.91. The van der Waals surface area contributed by atoms with Crippen molar-refractivity contribution < 1.29 is 4.92 Å². The van der Waals surface area contributed by atoms with Gasteiger partial charge in [-0.2, -0.15) is 0 Å². The molecule has 0 bridgehead atoms. The van der Waals surface area contributed by atoms with Gasteiger partial charge in [0.1, 0.15) is 17.3 Å². The van der Waals surface area contributed by atoms with Gasteiger partial charge in [0.05, 0.1) is 4.92 Å². The third-order valence-corrected chi connectivity index (χ3v) is 2.69. The lowest BCUT2D eigenvalue weighted by Crippen LogP contribution is -2.11. The lowest BCUT2D eigenvalue weighted by atomic mass is 10.3. The zero-order chi connectivity index (χ0) is 13.8. The number of hydrogen-bond acceptors (Lipinski definition) is 6. The number of halogens is 1. The molecule has 2 heterocycles. The predicted molar refractivity (Wildman–Crippen MR) is 69.1 cm³/mol. The molecule has 0 aliphatic carbocycles. The summed E-state index contributed by atoms with van der Waals surface area (Å²) < 4.78 is 1.78. The number of anilines is 1. The first-order valence-electron chi connectivity index (χ1n) is 5.45. The Hall–Kier alpha value is -2.22. The molecule has 0 unspecified atom stereocenters. The third kappa shape index (κ3) is 3.16. The number of pyridine rings is 1. The Morgan fingerprint density at radius 1 is 1.53 bits per heavy atom. The van der Waals surface area contributed by atoms with Gasteiger partial charge >= 0.3 is 5.69 Å². The van der Waals surface area contributed by atoms with Crippen molar-refractivity contribution in [1.29, 1.82) is 0 Å². The zero-order valence-electron chi connectivity index (χ0n) is 10.1. The predicted octanol–water partition coefficient (Wildman–Crippen LogP) is 1.43. The molecular weight excluding hydrogens is 272 g/mol. The number of nitrogens with zero attached hydrogens (tertiary/aromatic N) is 5. The number of aromatic nitrogens is 4. The summed E-state index contributed by atoms with van der Waals surface area (Å²) >= 11 is 5.73. The van der Waals surface area contributed by atoms with E-state index in [2.05, 4.69) is 20.5 Å². The van der Waals surface area contributed by atoms with Gasteiger partial charge in [-0.3, -0.25) is 10.1 Å². The Morgan fingerprint density at radius 2 is 2.32 bits per heavy atom. The van der Waals surface area contributed by atoms with E-state index in [0.29, 0.717) is 13.0 Å². The van der Waals surface area contributed by atoms with Crippen LogP contribution in [0.25, 0.3) is 0 Å². The van der Waals surface area contributed by atoms with E-state index < -0.39 is 4.92 Å². The first kappa shape index (κ1) is 13.2. The molecule has 9 heteroatoms. The third-order valence-electron chi connectivity index (χ3n) is 2.48. The maximum Gasteiger partial charge on any atom is 0.311 e. The van der Waals surface area contributed by atoms with Crippen molar-refractivity contribution in [2.24, 2.45) is 7.05 Å². The summed E-state index contributed by atoms with van der Waals surface area (Å²) in [6.45, 7) is 0.445. The molecule has 8 nitrogen and oxygen atoms in total. The highest BCUT2D eigenvalue weighted by Gasteiger charge is 2.15. The number of nitrogens with one attached hydrogen (secondary N) is 1. The molecule has 19 heavy (non-hydrogen) atoms. The maximum atomic E-state index is 10.8. The van der Waals surface area contributed by atoms with Crippen LogP contribution in [0.5, 0.6) is 0 Å². The number of rotatable bonds is 5. The Balaban J connectivity index is 2.05. The van der Waals surface area contributed by atoms with Crippen molar-refractivity contribution in [2.75, 3.05) is 11.9 Å². The molecule has 0 aromatic carbocycles. The minimum absolute atomic E-state index is 0.109. The van der Waals surface area contributed by atoms with Crippen molar-refractivity contribution in [2.45, 2.75) is 6.42 Å². The smallest absolute Gasteiger partial charge is 0.311 e. The lowest BCUT2D eigenvalue weighted by molar-refractivity contribution is -0.384. The van der Waals surface area contributed by atoms with Gasteiger partial charge in [0.2, 0.25) is 5.82 Å². The van der Waals surface area contributed by atoms with E-state index in [1.807, 2.05) is 7.05 Å². The van der Waals surface area contributed by atoms with Crippen LogP contribution in [0.4, 0.5) is 11.5 Å². The molecule has 0 amide bonds. The number of aryl methyl sites for hydroxylation is 1. The summed E-state index contributed by atoms with van der Waals surface area (Å²) in [6, 6.07) is 2.70. The molecule has 0 saturated carbocycles. The van der Waals surface area contributed by atoms with Gasteiger partial charge in [0.15, 0.2) is 0 Å². The first-order chi connectivity index (χ1) is 9.08. The molecule has 0 atom stereocenters. The van der Waals surface area contributed by atoms with E-state index in [9.17, 15) is 10.1 Å². The van der Waals surface area contributed by atoms with Crippen molar-refractivity contribution in [3.63, 3.8) is 0 Å². The molecule has 2 aromatic rings. The fourth-order valence-electron chi connectivity index (χ4n) is 1.53. The second-order valence-corrected chi connectivity index (χ2v) is 4.18. The maximum absolute atomic E-state index is 10.8. The monoisotopic (exact) mass is 282 g/mol. The second-order valence-electron chi connectivity index (χ2n) is 3.79. The van der Waals surface area contributed by atoms with E-state index in [1.165, 1.54) is 12.1 Å². The van der Waals surface area contributed by atoms with E-state index in [1.54, 1.807) is 10.9 Å². The minimum Gasteiger partial charge on any atom is -0.364 e. The Bertz CT molecular complexity index is 599. The van der Waals surface area contributed by atoms with Gasteiger partial charge in [-0.15, -0.1) is 10.2 Å². The van der Waals surface area contributed by atoms with Crippen LogP contribution in [0.3, 0.4) is 0 Å². The van der Waals surface area contributed by atoms with Crippen LogP contribution in [0.2, 0.25) is 5.15 Å². The molecule has 0 aliphatic rings. The van der Waals surface area contributed by atoms with Crippen LogP contribution in [0, 0.1) is 10.1 Å². The molecule has 2 rings (SSSR count). The normalized spacial score (nSPS) is 10.4. The van der Waals surface area contributed by atoms with Crippen LogP contribution in [0.1, 0.15) is 5.82 Å². The summed E-state index contributed by atoms with van der Waals surface area (Å²) in [5, 5.41) is 21.6. The molecule has 0 fully saturated rings. The van der Waals surface area contributed by atoms with Crippen LogP contribution in [0.15, 0.2) is 18.5 Å². The highest BCUT2D eigenvalue weighted by atomic mass is 35.5. The molecular formula is C10H11ClN6O2.